The van der Waals surface area contributed by atoms with Gasteiger partial charge in [-0.25, -0.2) is 13.4 Å². The van der Waals surface area contributed by atoms with E-state index in [0.29, 0.717) is 43.9 Å². The van der Waals surface area contributed by atoms with Gasteiger partial charge in [0.15, 0.2) is 0 Å². The van der Waals surface area contributed by atoms with Crippen LogP contribution in [0.2, 0.25) is 0 Å². The Balaban J connectivity index is 1.32. The van der Waals surface area contributed by atoms with Crippen LogP contribution in [-0.2, 0) is 27.9 Å². The largest absolute Gasteiger partial charge is 0.352 e. The van der Waals surface area contributed by atoms with Crippen LogP contribution < -0.4 is 5.32 Å². The number of nitrogens with zero attached hydrogens (tertiary/aromatic N) is 3. The van der Waals surface area contributed by atoms with E-state index in [1.54, 1.807) is 42.9 Å². The number of benzene rings is 2. The summed E-state index contributed by atoms with van der Waals surface area (Å²) < 4.78 is 29.0. The number of rotatable bonds is 7. The van der Waals surface area contributed by atoms with Gasteiger partial charge in [0, 0.05) is 44.5 Å². The van der Waals surface area contributed by atoms with E-state index in [4.69, 9.17) is 0 Å². The van der Waals surface area contributed by atoms with Crippen molar-refractivity contribution < 1.29 is 13.2 Å². The average Bonchev–Trinajstić information content (AvgIpc) is 3.32. The first-order chi connectivity index (χ1) is 15.0. The molecule has 3 aromatic rings. The molecular formula is C23H26N4O3S. The van der Waals surface area contributed by atoms with Gasteiger partial charge in [-0.1, -0.05) is 42.5 Å². The predicted molar refractivity (Wildman–Crippen MR) is 118 cm³/mol. The summed E-state index contributed by atoms with van der Waals surface area (Å²) in [6, 6.07) is 16.5. The minimum atomic E-state index is -3.50. The fraction of sp³-hybridized carbons (Fsp3) is 0.304. The third-order valence-electron chi connectivity index (χ3n) is 5.69. The Hall–Kier alpha value is -2.97. The lowest BCUT2D eigenvalue weighted by Crippen LogP contribution is -2.42. The molecule has 0 aliphatic carbocycles. The summed E-state index contributed by atoms with van der Waals surface area (Å²) in [5.41, 5.74) is 2.19. The topological polar surface area (TPSA) is 84.3 Å². The third kappa shape index (κ3) is 5.03. The van der Waals surface area contributed by atoms with Crippen LogP contribution in [0.25, 0.3) is 0 Å². The molecule has 0 atom stereocenters. The number of hydrogen-bond donors (Lipinski definition) is 1. The fourth-order valence-corrected chi connectivity index (χ4v) is 5.38. The number of sulfonamides is 1. The third-order valence-corrected chi connectivity index (χ3v) is 7.60. The highest BCUT2D eigenvalue weighted by Crippen LogP contribution is 2.24. The van der Waals surface area contributed by atoms with Gasteiger partial charge in [0.2, 0.25) is 15.9 Å². The van der Waals surface area contributed by atoms with Crippen molar-refractivity contribution in [3.8, 4) is 0 Å². The quantitative estimate of drug-likeness (QED) is 0.615. The van der Waals surface area contributed by atoms with Crippen molar-refractivity contribution in [1.29, 1.82) is 0 Å². The SMILES string of the molecule is O=C(NCc1ccccc1Cn1ccnc1)C1CCN(S(=O)(=O)c2ccccc2)CC1. The Kier molecular flexibility index (Phi) is 6.48. The zero-order valence-corrected chi connectivity index (χ0v) is 18.0. The Morgan fingerprint density at radius 2 is 1.68 bits per heavy atom. The van der Waals surface area contributed by atoms with E-state index in [2.05, 4.69) is 16.4 Å². The molecule has 0 radical (unpaired) electrons. The van der Waals surface area contributed by atoms with E-state index in [9.17, 15) is 13.2 Å². The van der Waals surface area contributed by atoms with Gasteiger partial charge in [0.1, 0.15) is 0 Å². The monoisotopic (exact) mass is 438 g/mol. The highest BCUT2D eigenvalue weighted by Gasteiger charge is 2.31. The van der Waals surface area contributed by atoms with Crippen LogP contribution in [0.15, 0.2) is 78.2 Å². The molecule has 31 heavy (non-hydrogen) atoms. The standard InChI is InChI=1S/C23H26N4O3S/c28-23(25-16-20-6-4-5-7-21(20)17-26-15-12-24-18-26)19-10-13-27(14-11-19)31(29,30)22-8-2-1-3-9-22/h1-9,12,15,18-19H,10-11,13-14,16-17H2,(H,25,28). The molecule has 8 heteroatoms. The summed E-state index contributed by atoms with van der Waals surface area (Å²) in [5.74, 6) is -0.197. The van der Waals surface area contributed by atoms with E-state index in [1.165, 1.54) is 4.31 Å². The van der Waals surface area contributed by atoms with Gasteiger partial charge in [-0.2, -0.15) is 4.31 Å². The van der Waals surface area contributed by atoms with Crippen molar-refractivity contribution in [2.45, 2.75) is 30.8 Å². The molecule has 162 valence electrons. The molecule has 1 aliphatic rings. The number of piperidine rings is 1. The Bertz CT molecular complexity index is 1110. The normalized spacial score (nSPS) is 15.6. The first-order valence-corrected chi connectivity index (χ1v) is 11.8. The Morgan fingerprint density at radius 3 is 2.35 bits per heavy atom. The molecule has 1 amide bonds. The predicted octanol–water partition coefficient (Wildman–Crippen LogP) is 2.65. The van der Waals surface area contributed by atoms with Crippen molar-refractivity contribution in [3.05, 3.63) is 84.4 Å². The lowest BCUT2D eigenvalue weighted by atomic mass is 9.97. The minimum Gasteiger partial charge on any atom is -0.352 e. The van der Waals surface area contributed by atoms with Gasteiger partial charge in [0.25, 0.3) is 0 Å². The van der Waals surface area contributed by atoms with Crippen LogP contribution in [0.1, 0.15) is 24.0 Å². The van der Waals surface area contributed by atoms with Crippen LogP contribution in [0.3, 0.4) is 0 Å². The van der Waals surface area contributed by atoms with E-state index in [-0.39, 0.29) is 11.8 Å². The number of amides is 1. The summed E-state index contributed by atoms with van der Waals surface area (Å²) in [4.78, 5) is 17.1. The van der Waals surface area contributed by atoms with Gasteiger partial charge in [-0.3, -0.25) is 4.79 Å². The molecular weight excluding hydrogens is 412 g/mol. The molecule has 1 fully saturated rings. The van der Waals surface area contributed by atoms with Crippen molar-refractivity contribution in [1.82, 2.24) is 19.2 Å². The molecule has 4 rings (SSSR count). The van der Waals surface area contributed by atoms with Crippen LogP contribution in [0, 0.1) is 5.92 Å². The number of imidazole rings is 1. The van der Waals surface area contributed by atoms with Gasteiger partial charge in [-0.15, -0.1) is 0 Å². The minimum absolute atomic E-state index is 0.0193. The Morgan fingerprint density at radius 1 is 1.00 bits per heavy atom. The first-order valence-electron chi connectivity index (χ1n) is 10.4. The Labute approximate surface area is 182 Å². The maximum atomic E-state index is 12.8. The molecule has 2 aromatic carbocycles. The number of nitrogens with one attached hydrogen (secondary N) is 1. The second-order valence-electron chi connectivity index (χ2n) is 7.71. The fourth-order valence-electron chi connectivity index (χ4n) is 3.89. The van der Waals surface area contributed by atoms with E-state index >= 15 is 0 Å². The lowest BCUT2D eigenvalue weighted by Gasteiger charge is -2.30. The van der Waals surface area contributed by atoms with Crippen molar-refractivity contribution >= 4 is 15.9 Å². The molecule has 1 N–H and O–H groups in total. The number of carbonyl (C=O) groups excluding carboxylic acids is 1. The number of carbonyl (C=O) groups is 1. The van der Waals surface area contributed by atoms with E-state index in [0.717, 1.165) is 11.1 Å². The van der Waals surface area contributed by atoms with Crippen LogP contribution in [0.4, 0.5) is 0 Å². The molecule has 1 aromatic heterocycles. The molecule has 0 bridgehead atoms. The van der Waals surface area contributed by atoms with Gasteiger partial charge in [-0.05, 0) is 36.1 Å². The molecule has 0 saturated carbocycles. The molecule has 2 heterocycles. The van der Waals surface area contributed by atoms with Crippen molar-refractivity contribution in [2.75, 3.05) is 13.1 Å². The second-order valence-corrected chi connectivity index (χ2v) is 9.65. The molecule has 0 unspecified atom stereocenters. The van der Waals surface area contributed by atoms with Crippen molar-refractivity contribution in [2.24, 2.45) is 5.92 Å². The summed E-state index contributed by atoms with van der Waals surface area (Å²) >= 11 is 0. The molecule has 1 saturated heterocycles. The average molecular weight is 439 g/mol. The van der Waals surface area contributed by atoms with Gasteiger partial charge in [0.05, 0.1) is 11.2 Å². The molecule has 0 spiro atoms. The summed E-state index contributed by atoms with van der Waals surface area (Å²) in [6.07, 6.45) is 6.47. The van der Waals surface area contributed by atoms with Gasteiger partial charge >= 0.3 is 0 Å². The summed E-state index contributed by atoms with van der Waals surface area (Å²) in [7, 11) is -3.50. The highest BCUT2D eigenvalue weighted by molar-refractivity contribution is 7.89. The molecule has 1 aliphatic heterocycles. The maximum absolute atomic E-state index is 12.8. The van der Waals surface area contributed by atoms with Crippen LogP contribution >= 0.6 is 0 Å². The van der Waals surface area contributed by atoms with Crippen LogP contribution in [-0.4, -0.2) is 41.3 Å². The van der Waals surface area contributed by atoms with E-state index in [1.807, 2.05) is 29.0 Å². The lowest BCUT2D eigenvalue weighted by molar-refractivity contribution is -0.126. The van der Waals surface area contributed by atoms with Crippen LogP contribution in [0.5, 0.6) is 0 Å². The molecule has 7 nitrogen and oxygen atoms in total. The number of hydrogen-bond acceptors (Lipinski definition) is 4. The summed E-state index contributed by atoms with van der Waals surface area (Å²) in [5, 5.41) is 3.04. The zero-order chi connectivity index (χ0) is 21.7. The van der Waals surface area contributed by atoms with Gasteiger partial charge < -0.3 is 9.88 Å². The first kappa shape index (κ1) is 21.3. The second kappa shape index (κ2) is 9.45. The van der Waals surface area contributed by atoms with Crippen molar-refractivity contribution in [3.63, 3.8) is 0 Å². The zero-order valence-electron chi connectivity index (χ0n) is 17.2. The van der Waals surface area contributed by atoms with E-state index < -0.39 is 10.0 Å². The smallest absolute Gasteiger partial charge is 0.243 e. The summed E-state index contributed by atoms with van der Waals surface area (Å²) in [6.45, 7) is 1.85. The maximum Gasteiger partial charge on any atom is 0.243 e. The number of aromatic nitrogens is 2. The highest BCUT2D eigenvalue weighted by atomic mass is 32.2.